The molecule has 29 heavy (non-hydrogen) atoms. The predicted molar refractivity (Wildman–Crippen MR) is 127 cm³/mol. The second-order valence-electron chi connectivity index (χ2n) is 6.87. The molecule has 2 aromatic rings. The number of nitrogens with one attached hydrogen (secondary N) is 2. The van der Waals surface area contributed by atoms with Crippen LogP contribution in [0.15, 0.2) is 46.0 Å². The van der Waals surface area contributed by atoms with Crippen LogP contribution in [0, 0.1) is 0 Å². The third kappa shape index (κ3) is 6.26. The average Bonchev–Trinajstić information content (AvgIpc) is 3.24. The van der Waals surface area contributed by atoms with Crippen LogP contribution in [0.2, 0.25) is 5.02 Å². The van der Waals surface area contributed by atoms with Gasteiger partial charge in [-0.3, -0.25) is 0 Å². The molecule has 0 radical (unpaired) electrons. The van der Waals surface area contributed by atoms with Gasteiger partial charge in [-0.05, 0) is 50.1 Å². The molecular weight excluding hydrogens is 505 g/mol. The lowest BCUT2D eigenvalue weighted by atomic mass is 9.73. The van der Waals surface area contributed by atoms with Gasteiger partial charge < -0.3 is 24.5 Å². The Morgan fingerprint density at radius 1 is 1.24 bits per heavy atom. The fourth-order valence-electron chi connectivity index (χ4n) is 3.55. The fraction of sp³-hybridized carbons (Fsp3) is 0.476. The second kappa shape index (κ2) is 11.7. The first-order valence-electron chi connectivity index (χ1n) is 9.63. The number of hydrogen-bond donors (Lipinski definition) is 2. The lowest BCUT2D eigenvalue weighted by molar-refractivity contribution is 0.0505. The Morgan fingerprint density at radius 3 is 2.69 bits per heavy atom. The normalized spacial score (nSPS) is 16.0. The SMILES string of the molecule is CCNC(=NCc1ccco1)NCC1(c2cc(Cl)ccc2OC)CCOCC1.I. The van der Waals surface area contributed by atoms with Crippen molar-refractivity contribution in [2.24, 2.45) is 4.99 Å². The topological polar surface area (TPSA) is 68.0 Å². The molecule has 2 heterocycles. The van der Waals surface area contributed by atoms with Crippen LogP contribution >= 0.6 is 35.6 Å². The minimum Gasteiger partial charge on any atom is -0.496 e. The maximum absolute atomic E-state index is 6.32. The first-order valence-corrected chi connectivity index (χ1v) is 10.0. The summed E-state index contributed by atoms with van der Waals surface area (Å²) in [6.45, 7) is 5.43. The Balaban J connectivity index is 0.00000300. The third-order valence-corrected chi connectivity index (χ3v) is 5.33. The highest BCUT2D eigenvalue weighted by Crippen LogP contribution is 2.40. The summed E-state index contributed by atoms with van der Waals surface area (Å²) in [4.78, 5) is 4.64. The average molecular weight is 534 g/mol. The summed E-state index contributed by atoms with van der Waals surface area (Å²) in [6, 6.07) is 9.60. The summed E-state index contributed by atoms with van der Waals surface area (Å²) < 4.78 is 16.7. The maximum Gasteiger partial charge on any atom is 0.191 e. The zero-order chi connectivity index (χ0) is 19.8. The monoisotopic (exact) mass is 533 g/mol. The van der Waals surface area contributed by atoms with Crippen LogP contribution < -0.4 is 15.4 Å². The van der Waals surface area contributed by atoms with Crippen molar-refractivity contribution in [3.8, 4) is 5.75 Å². The van der Waals surface area contributed by atoms with Crippen LogP contribution in [0.4, 0.5) is 0 Å². The van der Waals surface area contributed by atoms with Crippen molar-refractivity contribution in [3.63, 3.8) is 0 Å². The van der Waals surface area contributed by atoms with Crippen molar-refractivity contribution < 1.29 is 13.9 Å². The van der Waals surface area contributed by atoms with E-state index in [1.54, 1.807) is 13.4 Å². The van der Waals surface area contributed by atoms with Crippen LogP contribution in [-0.2, 0) is 16.7 Å². The number of methoxy groups -OCH3 is 1. The standard InChI is InChI=1S/C21H28ClN3O3.HI/c1-3-23-20(24-14-17-5-4-10-28-17)25-15-21(8-11-27-12-9-21)18-13-16(22)6-7-19(18)26-2;/h4-7,10,13H,3,8-9,11-12,14-15H2,1-2H3,(H2,23,24,25);1H. The molecule has 0 unspecified atom stereocenters. The minimum absolute atomic E-state index is 0. The zero-order valence-electron chi connectivity index (χ0n) is 16.9. The zero-order valence-corrected chi connectivity index (χ0v) is 20.0. The van der Waals surface area contributed by atoms with Crippen molar-refractivity contribution in [1.82, 2.24) is 10.6 Å². The highest BCUT2D eigenvalue weighted by Gasteiger charge is 2.37. The van der Waals surface area contributed by atoms with E-state index in [0.717, 1.165) is 42.4 Å². The van der Waals surface area contributed by atoms with Gasteiger partial charge in [0.15, 0.2) is 5.96 Å². The number of furan rings is 1. The molecule has 160 valence electrons. The maximum atomic E-state index is 6.32. The number of ether oxygens (including phenoxy) is 2. The number of guanidine groups is 1. The molecule has 1 aliphatic rings. The molecule has 1 fully saturated rings. The molecule has 0 spiro atoms. The van der Waals surface area contributed by atoms with Gasteiger partial charge in [0.2, 0.25) is 0 Å². The Hall–Kier alpha value is -1.45. The smallest absolute Gasteiger partial charge is 0.191 e. The van der Waals surface area contributed by atoms with E-state index >= 15 is 0 Å². The molecule has 1 saturated heterocycles. The number of rotatable bonds is 7. The summed E-state index contributed by atoms with van der Waals surface area (Å²) in [7, 11) is 1.70. The van der Waals surface area contributed by atoms with Crippen LogP contribution in [0.25, 0.3) is 0 Å². The van der Waals surface area contributed by atoms with Gasteiger partial charge in [-0.25, -0.2) is 4.99 Å². The van der Waals surface area contributed by atoms with Crippen LogP contribution in [0.3, 0.4) is 0 Å². The summed E-state index contributed by atoms with van der Waals surface area (Å²) in [5.74, 6) is 2.44. The quantitative estimate of drug-likeness (QED) is 0.314. The largest absolute Gasteiger partial charge is 0.496 e. The van der Waals surface area contributed by atoms with E-state index in [2.05, 4.69) is 15.6 Å². The molecule has 0 aliphatic carbocycles. The van der Waals surface area contributed by atoms with E-state index in [4.69, 9.17) is 25.5 Å². The molecule has 6 nitrogen and oxygen atoms in total. The predicted octanol–water partition coefficient (Wildman–Crippen LogP) is 4.36. The van der Waals surface area contributed by atoms with E-state index in [-0.39, 0.29) is 29.4 Å². The lowest BCUT2D eigenvalue weighted by Gasteiger charge is -2.39. The molecule has 2 N–H and O–H groups in total. The Labute approximate surface area is 194 Å². The Bertz CT molecular complexity index is 777. The Kier molecular flexibility index (Phi) is 9.58. The lowest BCUT2D eigenvalue weighted by Crippen LogP contribution is -2.48. The highest BCUT2D eigenvalue weighted by atomic mass is 127. The van der Waals surface area contributed by atoms with Crippen molar-refractivity contribution >= 4 is 41.5 Å². The van der Waals surface area contributed by atoms with Gasteiger partial charge in [0.05, 0.1) is 13.4 Å². The minimum atomic E-state index is -0.143. The van der Waals surface area contributed by atoms with E-state index in [9.17, 15) is 0 Å². The summed E-state index contributed by atoms with van der Waals surface area (Å²) >= 11 is 6.32. The van der Waals surface area contributed by atoms with Gasteiger partial charge in [0, 0.05) is 42.3 Å². The van der Waals surface area contributed by atoms with Crippen LogP contribution in [-0.4, -0.2) is 39.4 Å². The van der Waals surface area contributed by atoms with Crippen molar-refractivity contribution in [3.05, 3.63) is 52.9 Å². The van der Waals surface area contributed by atoms with E-state index in [1.165, 1.54) is 0 Å². The fourth-order valence-corrected chi connectivity index (χ4v) is 3.72. The van der Waals surface area contributed by atoms with Gasteiger partial charge in [0.1, 0.15) is 18.1 Å². The van der Waals surface area contributed by atoms with Gasteiger partial charge in [-0.2, -0.15) is 0 Å². The van der Waals surface area contributed by atoms with Crippen molar-refractivity contribution in [2.45, 2.75) is 31.7 Å². The summed E-state index contributed by atoms with van der Waals surface area (Å²) in [5, 5.41) is 7.52. The molecule has 1 aliphatic heterocycles. The van der Waals surface area contributed by atoms with Gasteiger partial charge in [-0.1, -0.05) is 11.6 Å². The van der Waals surface area contributed by atoms with Gasteiger partial charge in [0.25, 0.3) is 0 Å². The van der Waals surface area contributed by atoms with Gasteiger partial charge in [-0.15, -0.1) is 24.0 Å². The molecule has 3 rings (SSSR count). The van der Waals surface area contributed by atoms with E-state index in [1.807, 2.05) is 37.3 Å². The number of nitrogens with zero attached hydrogens (tertiary/aromatic N) is 1. The first kappa shape index (κ1) is 23.8. The molecule has 0 amide bonds. The molecule has 0 atom stereocenters. The molecular formula is C21H29ClIN3O3. The second-order valence-corrected chi connectivity index (χ2v) is 7.30. The van der Waals surface area contributed by atoms with Crippen LogP contribution in [0.1, 0.15) is 31.1 Å². The number of aliphatic imine (C=N–C) groups is 1. The van der Waals surface area contributed by atoms with E-state index in [0.29, 0.717) is 31.3 Å². The van der Waals surface area contributed by atoms with Crippen molar-refractivity contribution in [2.75, 3.05) is 33.4 Å². The first-order chi connectivity index (χ1) is 13.7. The molecule has 0 saturated carbocycles. The van der Waals surface area contributed by atoms with Crippen molar-refractivity contribution in [1.29, 1.82) is 0 Å². The summed E-state index contributed by atoms with van der Waals surface area (Å²) in [6.07, 6.45) is 3.43. The molecule has 1 aromatic heterocycles. The number of hydrogen-bond acceptors (Lipinski definition) is 4. The highest BCUT2D eigenvalue weighted by molar-refractivity contribution is 14.0. The van der Waals surface area contributed by atoms with E-state index < -0.39 is 0 Å². The molecule has 1 aromatic carbocycles. The van der Waals surface area contributed by atoms with Crippen LogP contribution in [0.5, 0.6) is 5.75 Å². The Morgan fingerprint density at radius 2 is 2.03 bits per heavy atom. The number of halogens is 2. The summed E-state index contributed by atoms with van der Waals surface area (Å²) in [5.41, 5.74) is 0.968. The molecule has 8 heteroatoms. The van der Waals surface area contributed by atoms with Gasteiger partial charge >= 0.3 is 0 Å². The third-order valence-electron chi connectivity index (χ3n) is 5.09. The molecule has 0 bridgehead atoms. The number of benzene rings is 1.